The number of methoxy groups -OCH3 is 1. The van der Waals surface area contributed by atoms with Gasteiger partial charge in [0.15, 0.2) is 0 Å². The van der Waals surface area contributed by atoms with Gasteiger partial charge in [-0.2, -0.15) is 0 Å². The number of ether oxygens (including phenoxy) is 2. The van der Waals surface area contributed by atoms with Crippen LogP contribution < -0.4 is 19.3 Å². The minimum Gasteiger partial charge on any atom is -0.495 e. The van der Waals surface area contributed by atoms with E-state index in [0.717, 1.165) is 28.6 Å². The van der Waals surface area contributed by atoms with Crippen LogP contribution in [0.25, 0.3) is 0 Å². The maximum absolute atomic E-state index is 13.6. The number of amides is 1. The van der Waals surface area contributed by atoms with Crippen LogP contribution in [0.4, 0.5) is 17.1 Å². The molecule has 3 aromatic carbocycles. The molecule has 1 heterocycles. The first kappa shape index (κ1) is 24.6. The van der Waals surface area contributed by atoms with E-state index >= 15 is 0 Å². The number of nitrogens with zero attached hydrogens (tertiary/aromatic N) is 2. The minimum atomic E-state index is -4.04. The van der Waals surface area contributed by atoms with Crippen LogP contribution in [0.1, 0.15) is 5.56 Å². The van der Waals surface area contributed by atoms with Gasteiger partial charge in [-0.05, 0) is 61.0 Å². The van der Waals surface area contributed by atoms with Gasteiger partial charge in [0.1, 0.15) is 12.3 Å². The Kier molecular flexibility index (Phi) is 7.57. The van der Waals surface area contributed by atoms with E-state index in [4.69, 9.17) is 9.47 Å². The number of aryl methyl sites for hydroxylation is 1. The van der Waals surface area contributed by atoms with Crippen molar-refractivity contribution in [2.75, 3.05) is 54.5 Å². The Labute approximate surface area is 206 Å². The van der Waals surface area contributed by atoms with Crippen LogP contribution in [0.15, 0.2) is 77.7 Å². The van der Waals surface area contributed by atoms with E-state index < -0.39 is 22.5 Å². The predicted octanol–water partition coefficient (Wildman–Crippen LogP) is 3.67. The molecular weight excluding hydrogens is 466 g/mol. The molecule has 184 valence electrons. The molecule has 0 aliphatic carbocycles. The van der Waals surface area contributed by atoms with Crippen LogP contribution in [-0.2, 0) is 19.6 Å². The van der Waals surface area contributed by atoms with Crippen molar-refractivity contribution in [2.24, 2.45) is 0 Å². The SMILES string of the molecule is COc1ccc(C)cc1N(CC(=O)Nc1ccc(N2CCOCC2)cc1)S(=O)(=O)c1ccccc1. The lowest BCUT2D eigenvalue weighted by Gasteiger charge is -2.29. The van der Waals surface area contributed by atoms with E-state index in [-0.39, 0.29) is 4.90 Å². The highest BCUT2D eigenvalue weighted by molar-refractivity contribution is 7.92. The Morgan fingerprint density at radius 1 is 1.03 bits per heavy atom. The van der Waals surface area contributed by atoms with Gasteiger partial charge in [-0.25, -0.2) is 8.42 Å². The average molecular weight is 496 g/mol. The van der Waals surface area contributed by atoms with Crippen molar-refractivity contribution in [3.05, 3.63) is 78.4 Å². The number of rotatable bonds is 8. The largest absolute Gasteiger partial charge is 0.495 e. The highest BCUT2D eigenvalue weighted by Crippen LogP contribution is 2.33. The standard InChI is InChI=1S/C26H29N3O5S/c1-20-8-13-25(33-2)24(18-20)29(35(31,32)23-6-4-3-5-7-23)19-26(30)27-21-9-11-22(12-10-21)28-14-16-34-17-15-28/h3-13,18H,14-17,19H2,1-2H3,(H,27,30). The van der Waals surface area contributed by atoms with Crippen LogP contribution in [0.2, 0.25) is 0 Å². The van der Waals surface area contributed by atoms with Crippen LogP contribution in [0.5, 0.6) is 5.75 Å². The van der Waals surface area contributed by atoms with Gasteiger partial charge in [0.05, 0.1) is 30.9 Å². The lowest BCUT2D eigenvalue weighted by molar-refractivity contribution is -0.114. The molecule has 4 rings (SSSR count). The monoisotopic (exact) mass is 495 g/mol. The number of nitrogens with one attached hydrogen (secondary N) is 1. The molecule has 3 aromatic rings. The summed E-state index contributed by atoms with van der Waals surface area (Å²) in [6.45, 7) is 4.44. The van der Waals surface area contributed by atoms with E-state index in [1.807, 2.05) is 37.3 Å². The van der Waals surface area contributed by atoms with Crippen LogP contribution in [-0.4, -0.2) is 54.3 Å². The maximum Gasteiger partial charge on any atom is 0.264 e. The molecule has 9 heteroatoms. The third-order valence-electron chi connectivity index (χ3n) is 5.75. The summed E-state index contributed by atoms with van der Waals surface area (Å²) in [5.74, 6) is -0.107. The molecule has 1 aliphatic heterocycles. The van der Waals surface area contributed by atoms with Crippen LogP contribution in [0.3, 0.4) is 0 Å². The Morgan fingerprint density at radius 2 is 1.71 bits per heavy atom. The first-order chi connectivity index (χ1) is 16.9. The van der Waals surface area contributed by atoms with E-state index in [0.29, 0.717) is 30.3 Å². The zero-order valence-corrected chi connectivity index (χ0v) is 20.6. The summed E-state index contributed by atoms with van der Waals surface area (Å²) < 4.78 is 39.1. The molecular formula is C26H29N3O5S. The summed E-state index contributed by atoms with van der Waals surface area (Å²) in [5.41, 5.74) is 2.77. The van der Waals surface area contributed by atoms with Crippen LogP contribution >= 0.6 is 0 Å². The summed E-state index contributed by atoms with van der Waals surface area (Å²) in [7, 11) is -2.57. The molecule has 1 aliphatic rings. The highest BCUT2D eigenvalue weighted by Gasteiger charge is 2.29. The molecule has 35 heavy (non-hydrogen) atoms. The molecule has 0 bridgehead atoms. The van der Waals surface area contributed by atoms with Gasteiger partial charge in [0, 0.05) is 24.5 Å². The van der Waals surface area contributed by atoms with E-state index in [9.17, 15) is 13.2 Å². The van der Waals surface area contributed by atoms with Gasteiger partial charge in [-0.3, -0.25) is 9.10 Å². The van der Waals surface area contributed by atoms with Gasteiger partial charge in [0.2, 0.25) is 5.91 Å². The van der Waals surface area contributed by atoms with Gasteiger partial charge in [0.25, 0.3) is 10.0 Å². The molecule has 8 nitrogen and oxygen atoms in total. The van der Waals surface area contributed by atoms with Crippen molar-refractivity contribution in [3.63, 3.8) is 0 Å². The number of hydrogen-bond acceptors (Lipinski definition) is 6. The molecule has 1 fully saturated rings. The summed E-state index contributed by atoms with van der Waals surface area (Å²) >= 11 is 0. The maximum atomic E-state index is 13.6. The van der Waals surface area contributed by atoms with Gasteiger partial charge >= 0.3 is 0 Å². The fraction of sp³-hybridized carbons (Fsp3) is 0.269. The number of benzene rings is 3. The van der Waals surface area contributed by atoms with Crippen molar-refractivity contribution in [1.29, 1.82) is 0 Å². The minimum absolute atomic E-state index is 0.0891. The number of carbonyl (C=O) groups excluding carboxylic acids is 1. The predicted molar refractivity (Wildman–Crippen MR) is 137 cm³/mol. The van der Waals surface area contributed by atoms with E-state index in [1.54, 1.807) is 30.3 Å². The van der Waals surface area contributed by atoms with E-state index in [2.05, 4.69) is 10.2 Å². The smallest absolute Gasteiger partial charge is 0.264 e. The Hall–Kier alpha value is -3.56. The highest BCUT2D eigenvalue weighted by atomic mass is 32.2. The fourth-order valence-electron chi connectivity index (χ4n) is 3.92. The molecule has 0 saturated carbocycles. The van der Waals surface area contributed by atoms with Crippen molar-refractivity contribution in [3.8, 4) is 5.75 Å². The number of hydrogen-bond donors (Lipinski definition) is 1. The summed E-state index contributed by atoms with van der Waals surface area (Å²) in [5, 5.41) is 2.82. The number of morpholine rings is 1. The Balaban J connectivity index is 1.59. The quantitative estimate of drug-likeness (QED) is 0.513. The number of carbonyl (C=O) groups is 1. The normalized spacial score (nSPS) is 13.8. The van der Waals surface area contributed by atoms with Gasteiger partial charge < -0.3 is 19.7 Å². The van der Waals surface area contributed by atoms with Crippen molar-refractivity contribution >= 4 is 33.0 Å². The average Bonchev–Trinajstić information content (AvgIpc) is 2.88. The van der Waals surface area contributed by atoms with Crippen molar-refractivity contribution < 1.29 is 22.7 Å². The lowest BCUT2D eigenvalue weighted by atomic mass is 10.2. The Morgan fingerprint density at radius 3 is 2.37 bits per heavy atom. The lowest BCUT2D eigenvalue weighted by Crippen LogP contribution is -2.38. The zero-order valence-electron chi connectivity index (χ0n) is 19.8. The van der Waals surface area contributed by atoms with Gasteiger partial charge in [-0.15, -0.1) is 0 Å². The van der Waals surface area contributed by atoms with Crippen molar-refractivity contribution in [1.82, 2.24) is 0 Å². The third kappa shape index (κ3) is 5.75. The summed E-state index contributed by atoms with van der Waals surface area (Å²) in [6.07, 6.45) is 0. The second-order valence-electron chi connectivity index (χ2n) is 8.19. The number of anilines is 3. The Bertz CT molecular complexity index is 1260. The second kappa shape index (κ2) is 10.8. The molecule has 0 aromatic heterocycles. The molecule has 0 unspecified atom stereocenters. The third-order valence-corrected chi connectivity index (χ3v) is 7.52. The molecule has 1 saturated heterocycles. The second-order valence-corrected chi connectivity index (χ2v) is 10.1. The van der Waals surface area contributed by atoms with Crippen LogP contribution in [0, 0.1) is 6.92 Å². The van der Waals surface area contributed by atoms with Crippen molar-refractivity contribution in [2.45, 2.75) is 11.8 Å². The molecule has 1 N–H and O–H groups in total. The molecule has 0 radical (unpaired) electrons. The first-order valence-electron chi connectivity index (χ1n) is 11.3. The van der Waals surface area contributed by atoms with Gasteiger partial charge in [-0.1, -0.05) is 24.3 Å². The topological polar surface area (TPSA) is 88.2 Å². The molecule has 0 spiro atoms. The molecule has 0 atom stereocenters. The zero-order chi connectivity index (χ0) is 24.8. The first-order valence-corrected chi connectivity index (χ1v) is 12.8. The summed E-state index contributed by atoms with van der Waals surface area (Å²) in [4.78, 5) is 15.4. The molecule has 1 amide bonds. The fourth-order valence-corrected chi connectivity index (χ4v) is 5.37. The number of sulfonamides is 1. The summed E-state index contributed by atoms with van der Waals surface area (Å²) in [6, 6.07) is 20.8. The van der Waals surface area contributed by atoms with E-state index in [1.165, 1.54) is 19.2 Å².